The fourth-order valence-electron chi connectivity index (χ4n) is 3.84. The largest absolute Gasteiger partial charge is 0.491 e. The number of amides is 1. The van der Waals surface area contributed by atoms with E-state index in [-0.39, 0.29) is 17.6 Å². The summed E-state index contributed by atoms with van der Waals surface area (Å²) in [7, 11) is 1.90. The Labute approximate surface area is 189 Å². The maximum absolute atomic E-state index is 13.0. The summed E-state index contributed by atoms with van der Waals surface area (Å²) in [4.78, 5) is 33.1. The van der Waals surface area contributed by atoms with E-state index in [4.69, 9.17) is 4.74 Å². The van der Waals surface area contributed by atoms with Gasteiger partial charge in [0, 0.05) is 24.2 Å². The number of rotatable bonds is 5. The average molecular weight is 441 g/mol. The third-order valence-electron chi connectivity index (χ3n) is 5.37. The molecule has 1 amide bonds. The third-order valence-corrected chi connectivity index (χ3v) is 5.37. The highest BCUT2D eigenvalue weighted by Gasteiger charge is 2.14. The minimum absolute atomic E-state index is 0.0603. The SMILES string of the molecule is CC(C)Oc1ccc(-n2c(=O)ccc3cc(C(=O)Nc4ccc5ncn(C)c5c4)[nH]c32)cc1. The summed E-state index contributed by atoms with van der Waals surface area (Å²) >= 11 is 0. The van der Waals surface area contributed by atoms with Crippen LogP contribution in [0.3, 0.4) is 0 Å². The number of benzene rings is 2. The Morgan fingerprint density at radius 1 is 1.06 bits per heavy atom. The van der Waals surface area contributed by atoms with Gasteiger partial charge in [-0.05, 0) is 68.4 Å². The smallest absolute Gasteiger partial charge is 0.272 e. The van der Waals surface area contributed by atoms with Crippen molar-refractivity contribution in [2.45, 2.75) is 20.0 Å². The number of nitrogens with one attached hydrogen (secondary N) is 2. The number of imidazole rings is 1. The minimum Gasteiger partial charge on any atom is -0.491 e. The monoisotopic (exact) mass is 441 g/mol. The van der Waals surface area contributed by atoms with Gasteiger partial charge in [0.2, 0.25) is 0 Å². The molecule has 3 aromatic heterocycles. The van der Waals surface area contributed by atoms with Crippen molar-refractivity contribution in [3.8, 4) is 11.4 Å². The molecule has 5 aromatic rings. The van der Waals surface area contributed by atoms with Gasteiger partial charge in [-0.2, -0.15) is 0 Å². The van der Waals surface area contributed by atoms with Crippen molar-refractivity contribution in [3.63, 3.8) is 0 Å². The Morgan fingerprint density at radius 2 is 1.85 bits per heavy atom. The normalized spacial score (nSPS) is 11.4. The molecule has 0 spiro atoms. The van der Waals surface area contributed by atoms with E-state index >= 15 is 0 Å². The van der Waals surface area contributed by atoms with E-state index in [1.807, 2.05) is 67.9 Å². The molecule has 3 heterocycles. The summed E-state index contributed by atoms with van der Waals surface area (Å²) in [5, 5.41) is 3.67. The maximum atomic E-state index is 13.0. The first-order chi connectivity index (χ1) is 15.9. The van der Waals surface area contributed by atoms with Crippen LogP contribution in [0.2, 0.25) is 0 Å². The molecule has 33 heavy (non-hydrogen) atoms. The molecule has 166 valence electrons. The zero-order chi connectivity index (χ0) is 23.1. The molecule has 2 aromatic carbocycles. The number of hydrogen-bond acceptors (Lipinski definition) is 4. The van der Waals surface area contributed by atoms with E-state index in [9.17, 15) is 9.59 Å². The number of hydrogen-bond donors (Lipinski definition) is 2. The van der Waals surface area contributed by atoms with Crippen molar-refractivity contribution < 1.29 is 9.53 Å². The number of aryl methyl sites for hydroxylation is 1. The molecule has 2 N–H and O–H groups in total. The summed E-state index contributed by atoms with van der Waals surface area (Å²) in [6, 6.07) is 17.8. The Kier molecular flexibility index (Phi) is 4.97. The van der Waals surface area contributed by atoms with Gasteiger partial charge in [-0.25, -0.2) is 4.98 Å². The van der Waals surface area contributed by atoms with Gasteiger partial charge < -0.3 is 19.6 Å². The van der Waals surface area contributed by atoms with Crippen molar-refractivity contribution in [1.29, 1.82) is 0 Å². The first-order valence-corrected chi connectivity index (χ1v) is 10.6. The van der Waals surface area contributed by atoms with Crippen LogP contribution >= 0.6 is 0 Å². The molecule has 0 bridgehead atoms. The van der Waals surface area contributed by atoms with E-state index < -0.39 is 0 Å². The number of ether oxygens (including phenoxy) is 1. The predicted molar refractivity (Wildman–Crippen MR) is 128 cm³/mol. The number of pyridine rings is 1. The number of H-pyrrole nitrogens is 1. The van der Waals surface area contributed by atoms with Crippen LogP contribution in [0.5, 0.6) is 5.75 Å². The van der Waals surface area contributed by atoms with Crippen LogP contribution in [0, 0.1) is 0 Å². The Balaban J connectivity index is 1.48. The van der Waals surface area contributed by atoms with Crippen LogP contribution in [0.1, 0.15) is 24.3 Å². The van der Waals surface area contributed by atoms with Gasteiger partial charge in [0.15, 0.2) is 0 Å². The summed E-state index contributed by atoms with van der Waals surface area (Å²) in [6.07, 6.45) is 1.79. The molecular weight excluding hydrogens is 418 g/mol. The van der Waals surface area contributed by atoms with Crippen LogP contribution in [0.4, 0.5) is 5.69 Å². The zero-order valence-electron chi connectivity index (χ0n) is 18.5. The fraction of sp³-hybridized carbons (Fsp3) is 0.160. The average Bonchev–Trinajstić information content (AvgIpc) is 3.38. The number of carbonyl (C=O) groups is 1. The van der Waals surface area contributed by atoms with E-state index in [1.54, 1.807) is 23.0 Å². The van der Waals surface area contributed by atoms with E-state index in [0.29, 0.717) is 22.7 Å². The van der Waals surface area contributed by atoms with Crippen LogP contribution in [0.15, 0.2) is 71.8 Å². The van der Waals surface area contributed by atoms with Gasteiger partial charge in [0.25, 0.3) is 11.5 Å². The standard InChI is InChI=1S/C25H23N5O3/c1-15(2)33-19-8-6-18(7-9-19)30-23(31)11-4-16-12-21(28-24(16)30)25(32)27-17-5-10-20-22(13-17)29(3)14-26-20/h4-15,28H,1-3H3,(H,27,32). The Bertz CT molecular complexity index is 1540. The number of aromatic nitrogens is 4. The van der Waals surface area contributed by atoms with E-state index in [2.05, 4.69) is 15.3 Å². The number of aromatic amines is 1. The predicted octanol–water partition coefficient (Wildman–Crippen LogP) is 4.25. The lowest BCUT2D eigenvalue weighted by atomic mass is 10.2. The molecule has 8 heteroatoms. The second-order valence-corrected chi connectivity index (χ2v) is 8.17. The van der Waals surface area contributed by atoms with Crippen molar-refractivity contribution >= 4 is 33.7 Å². The van der Waals surface area contributed by atoms with E-state index in [1.165, 1.54) is 6.07 Å². The Morgan fingerprint density at radius 3 is 2.61 bits per heavy atom. The highest BCUT2D eigenvalue weighted by atomic mass is 16.5. The van der Waals surface area contributed by atoms with Gasteiger partial charge in [-0.15, -0.1) is 0 Å². The van der Waals surface area contributed by atoms with Gasteiger partial charge >= 0.3 is 0 Å². The fourth-order valence-corrected chi connectivity index (χ4v) is 3.84. The van der Waals surface area contributed by atoms with Crippen LogP contribution in [-0.2, 0) is 7.05 Å². The highest BCUT2D eigenvalue weighted by molar-refractivity contribution is 6.06. The van der Waals surface area contributed by atoms with Gasteiger partial charge in [-0.1, -0.05) is 0 Å². The van der Waals surface area contributed by atoms with Gasteiger partial charge in [-0.3, -0.25) is 14.2 Å². The highest BCUT2D eigenvalue weighted by Crippen LogP contribution is 2.22. The molecule has 0 aliphatic rings. The van der Waals surface area contributed by atoms with Gasteiger partial charge in [0.05, 0.1) is 29.2 Å². The lowest BCUT2D eigenvalue weighted by molar-refractivity contribution is 0.102. The van der Waals surface area contributed by atoms with Crippen molar-refractivity contribution in [2.24, 2.45) is 7.05 Å². The zero-order valence-corrected chi connectivity index (χ0v) is 18.5. The number of carbonyl (C=O) groups excluding carboxylic acids is 1. The first-order valence-electron chi connectivity index (χ1n) is 10.6. The molecule has 0 unspecified atom stereocenters. The second kappa shape index (κ2) is 7.98. The van der Waals surface area contributed by atoms with E-state index in [0.717, 1.165) is 22.2 Å². The summed E-state index contributed by atoms with van der Waals surface area (Å²) in [5.41, 5.74) is 3.82. The summed E-state index contributed by atoms with van der Waals surface area (Å²) in [5.74, 6) is 0.429. The molecule has 8 nitrogen and oxygen atoms in total. The van der Waals surface area contributed by atoms with Crippen LogP contribution in [-0.4, -0.2) is 31.1 Å². The van der Waals surface area contributed by atoms with Crippen LogP contribution < -0.4 is 15.6 Å². The van der Waals surface area contributed by atoms with Gasteiger partial charge in [0.1, 0.15) is 17.1 Å². The maximum Gasteiger partial charge on any atom is 0.272 e. The lowest BCUT2D eigenvalue weighted by Crippen LogP contribution is -2.17. The minimum atomic E-state index is -0.299. The molecule has 0 aliphatic carbocycles. The van der Waals surface area contributed by atoms with Crippen molar-refractivity contribution in [3.05, 3.63) is 83.0 Å². The van der Waals surface area contributed by atoms with Crippen LogP contribution in [0.25, 0.3) is 27.8 Å². The number of fused-ring (bicyclic) bond motifs is 2. The molecule has 0 radical (unpaired) electrons. The Hall–Kier alpha value is -4.33. The topological polar surface area (TPSA) is 93.9 Å². The molecule has 0 saturated carbocycles. The molecule has 5 rings (SSSR count). The first kappa shape index (κ1) is 20.6. The lowest BCUT2D eigenvalue weighted by Gasteiger charge is -2.11. The molecular formula is C25H23N5O3. The number of nitrogens with zero attached hydrogens (tertiary/aromatic N) is 3. The summed E-state index contributed by atoms with van der Waals surface area (Å²) < 4.78 is 9.13. The molecule has 0 aliphatic heterocycles. The number of anilines is 1. The molecule has 0 saturated heterocycles. The van der Waals surface area contributed by atoms with Crippen molar-refractivity contribution in [1.82, 2.24) is 19.1 Å². The molecule has 0 atom stereocenters. The third kappa shape index (κ3) is 3.87. The summed E-state index contributed by atoms with van der Waals surface area (Å²) in [6.45, 7) is 3.92. The quantitative estimate of drug-likeness (QED) is 0.426. The second-order valence-electron chi connectivity index (χ2n) is 8.17. The molecule has 0 fully saturated rings. The van der Waals surface area contributed by atoms with Crippen molar-refractivity contribution in [2.75, 3.05) is 5.32 Å².